The van der Waals surface area contributed by atoms with E-state index in [-0.39, 0.29) is 11.8 Å². The highest BCUT2D eigenvalue weighted by Gasteiger charge is 2.30. The average Bonchev–Trinajstić information content (AvgIpc) is 3.23. The van der Waals surface area contributed by atoms with E-state index >= 15 is 0 Å². The number of amides is 2. The third-order valence-corrected chi connectivity index (χ3v) is 4.81. The van der Waals surface area contributed by atoms with Gasteiger partial charge in [0, 0.05) is 18.3 Å². The minimum atomic E-state index is -0.534. The number of carbonyl (C=O) groups excluding carboxylic acids is 2. The molecule has 1 fully saturated rings. The summed E-state index contributed by atoms with van der Waals surface area (Å²) in [5.41, 5.74) is 2.79. The van der Waals surface area contributed by atoms with Crippen LogP contribution in [0.5, 0.6) is 0 Å². The van der Waals surface area contributed by atoms with Crippen molar-refractivity contribution < 1.29 is 9.59 Å². The van der Waals surface area contributed by atoms with Crippen LogP contribution in [0.2, 0.25) is 0 Å². The number of benzene rings is 1. The first-order chi connectivity index (χ1) is 13.7. The number of rotatable bonds is 5. The third kappa shape index (κ3) is 3.93. The van der Waals surface area contributed by atoms with Crippen LogP contribution in [0.15, 0.2) is 60.8 Å². The number of pyridine rings is 1. The number of aromatic nitrogens is 3. The molecule has 0 radical (unpaired) electrons. The first-order valence-electron chi connectivity index (χ1n) is 9.31. The first kappa shape index (κ1) is 17.9. The zero-order valence-corrected chi connectivity index (χ0v) is 15.3. The molecule has 2 N–H and O–H groups in total. The van der Waals surface area contributed by atoms with E-state index in [0.717, 1.165) is 17.7 Å². The van der Waals surface area contributed by atoms with Crippen molar-refractivity contribution in [2.75, 3.05) is 6.54 Å². The highest BCUT2D eigenvalue weighted by atomic mass is 16.2. The summed E-state index contributed by atoms with van der Waals surface area (Å²) in [6.45, 7) is 1.12. The molecule has 28 heavy (non-hydrogen) atoms. The fourth-order valence-corrected chi connectivity index (χ4v) is 3.35. The van der Waals surface area contributed by atoms with Gasteiger partial charge in [-0.05, 0) is 31.0 Å². The molecule has 1 unspecified atom stereocenters. The molecule has 4 rings (SSSR count). The second-order valence-electron chi connectivity index (χ2n) is 6.78. The summed E-state index contributed by atoms with van der Waals surface area (Å²) in [5, 5.41) is 9.81. The zero-order chi connectivity index (χ0) is 19.3. The Morgan fingerprint density at radius 2 is 2.00 bits per heavy atom. The van der Waals surface area contributed by atoms with Gasteiger partial charge < -0.3 is 10.2 Å². The molecular weight excluding hydrogens is 354 g/mol. The van der Waals surface area contributed by atoms with Crippen molar-refractivity contribution in [1.29, 1.82) is 0 Å². The van der Waals surface area contributed by atoms with Crippen LogP contribution in [0.1, 0.15) is 29.0 Å². The molecule has 1 aromatic carbocycles. The van der Waals surface area contributed by atoms with Crippen LogP contribution in [0, 0.1) is 0 Å². The first-order valence-corrected chi connectivity index (χ1v) is 9.31. The van der Waals surface area contributed by atoms with E-state index in [2.05, 4.69) is 20.5 Å². The molecule has 0 aliphatic carbocycles. The van der Waals surface area contributed by atoms with Gasteiger partial charge in [-0.15, -0.1) is 0 Å². The summed E-state index contributed by atoms with van der Waals surface area (Å²) in [4.78, 5) is 31.4. The monoisotopic (exact) mass is 375 g/mol. The molecule has 7 nitrogen and oxygen atoms in total. The second-order valence-corrected chi connectivity index (χ2v) is 6.78. The lowest BCUT2D eigenvalue weighted by molar-refractivity contribution is -0.136. The van der Waals surface area contributed by atoms with Crippen LogP contribution < -0.4 is 5.32 Å². The SMILES string of the molecule is O=C(NC1CCCN(Cc2ccccn2)C1=O)c1cc(-c2ccccc2)n[nH]1. The van der Waals surface area contributed by atoms with E-state index < -0.39 is 6.04 Å². The average molecular weight is 375 g/mol. The van der Waals surface area contributed by atoms with E-state index in [9.17, 15) is 9.59 Å². The Hall–Kier alpha value is -3.48. The highest BCUT2D eigenvalue weighted by molar-refractivity contribution is 5.97. The molecule has 1 aliphatic rings. The predicted molar refractivity (Wildman–Crippen MR) is 104 cm³/mol. The maximum atomic E-state index is 12.8. The van der Waals surface area contributed by atoms with Gasteiger partial charge in [0.15, 0.2) is 0 Å². The van der Waals surface area contributed by atoms with Crippen molar-refractivity contribution in [3.05, 3.63) is 72.2 Å². The number of aromatic amines is 1. The van der Waals surface area contributed by atoms with Crippen molar-refractivity contribution in [3.8, 4) is 11.3 Å². The Morgan fingerprint density at radius 1 is 1.18 bits per heavy atom. The molecule has 1 aliphatic heterocycles. The number of hydrogen-bond donors (Lipinski definition) is 2. The Balaban J connectivity index is 1.41. The predicted octanol–water partition coefficient (Wildman–Crippen LogP) is 2.39. The molecule has 1 saturated heterocycles. The van der Waals surface area contributed by atoms with Crippen LogP contribution in [0.25, 0.3) is 11.3 Å². The molecule has 7 heteroatoms. The lowest BCUT2D eigenvalue weighted by Crippen LogP contribution is -2.52. The summed E-state index contributed by atoms with van der Waals surface area (Å²) in [7, 11) is 0. The molecule has 3 aromatic rings. The standard InChI is InChI=1S/C21H21N5O2/c27-20(19-13-18(24-25-19)15-7-2-1-3-8-15)23-17-10-6-12-26(21(17)28)14-16-9-4-5-11-22-16/h1-5,7-9,11,13,17H,6,10,12,14H2,(H,23,27)(H,24,25). The number of H-pyrrole nitrogens is 1. The van der Waals surface area contributed by atoms with Gasteiger partial charge in [-0.3, -0.25) is 19.7 Å². The summed E-state index contributed by atoms with van der Waals surface area (Å²) in [6.07, 6.45) is 3.18. The zero-order valence-electron chi connectivity index (χ0n) is 15.3. The van der Waals surface area contributed by atoms with Gasteiger partial charge in [-0.2, -0.15) is 5.10 Å². The van der Waals surface area contributed by atoms with Gasteiger partial charge in [0.05, 0.1) is 17.9 Å². The number of likely N-dealkylation sites (tertiary alicyclic amines) is 1. The Bertz CT molecular complexity index is 955. The van der Waals surface area contributed by atoms with Gasteiger partial charge in [-0.1, -0.05) is 36.4 Å². The van der Waals surface area contributed by atoms with E-state index in [1.165, 1.54) is 0 Å². The minimum absolute atomic E-state index is 0.0759. The van der Waals surface area contributed by atoms with Crippen molar-refractivity contribution in [3.63, 3.8) is 0 Å². The second kappa shape index (κ2) is 8.04. The molecule has 142 valence electrons. The number of carbonyl (C=O) groups is 2. The van der Waals surface area contributed by atoms with E-state index in [1.807, 2.05) is 48.5 Å². The fourth-order valence-electron chi connectivity index (χ4n) is 3.35. The maximum Gasteiger partial charge on any atom is 0.269 e. The van der Waals surface area contributed by atoms with Crippen LogP contribution >= 0.6 is 0 Å². The van der Waals surface area contributed by atoms with E-state index in [1.54, 1.807) is 17.2 Å². The minimum Gasteiger partial charge on any atom is -0.339 e. The number of nitrogens with zero attached hydrogens (tertiary/aromatic N) is 3. The summed E-state index contributed by atoms with van der Waals surface area (Å²) >= 11 is 0. The van der Waals surface area contributed by atoms with Gasteiger partial charge in [0.25, 0.3) is 5.91 Å². The van der Waals surface area contributed by atoms with Gasteiger partial charge in [-0.25, -0.2) is 0 Å². The molecular formula is C21H21N5O2. The molecule has 1 atom stereocenters. The Kier molecular flexibility index (Phi) is 5.14. The van der Waals surface area contributed by atoms with Crippen LogP contribution in [-0.2, 0) is 11.3 Å². The van der Waals surface area contributed by atoms with Gasteiger partial charge in [0.1, 0.15) is 11.7 Å². The summed E-state index contributed by atoms with van der Waals surface area (Å²) in [5.74, 6) is -0.402. The molecule has 2 aromatic heterocycles. The normalized spacial score (nSPS) is 16.8. The lowest BCUT2D eigenvalue weighted by atomic mass is 10.0. The topological polar surface area (TPSA) is 91.0 Å². The smallest absolute Gasteiger partial charge is 0.269 e. The van der Waals surface area contributed by atoms with Crippen LogP contribution in [-0.4, -0.2) is 44.5 Å². The fraction of sp³-hybridized carbons (Fsp3) is 0.238. The molecule has 0 saturated carbocycles. The molecule has 3 heterocycles. The summed E-state index contributed by atoms with van der Waals surface area (Å²) in [6, 6.07) is 16.4. The van der Waals surface area contributed by atoms with Gasteiger partial charge in [0.2, 0.25) is 5.91 Å². The Labute approximate surface area is 162 Å². The largest absolute Gasteiger partial charge is 0.339 e. The quantitative estimate of drug-likeness (QED) is 0.716. The van der Waals surface area contributed by atoms with E-state index in [0.29, 0.717) is 30.9 Å². The Morgan fingerprint density at radius 3 is 2.79 bits per heavy atom. The lowest BCUT2D eigenvalue weighted by Gasteiger charge is -2.32. The number of hydrogen-bond acceptors (Lipinski definition) is 4. The van der Waals surface area contributed by atoms with Crippen LogP contribution in [0.4, 0.5) is 0 Å². The van der Waals surface area contributed by atoms with Crippen molar-refractivity contribution >= 4 is 11.8 Å². The third-order valence-electron chi connectivity index (χ3n) is 4.81. The molecule has 0 bridgehead atoms. The molecule has 2 amide bonds. The van der Waals surface area contributed by atoms with E-state index in [4.69, 9.17) is 0 Å². The van der Waals surface area contributed by atoms with Crippen molar-refractivity contribution in [1.82, 2.24) is 25.4 Å². The highest BCUT2D eigenvalue weighted by Crippen LogP contribution is 2.18. The van der Waals surface area contributed by atoms with Crippen LogP contribution in [0.3, 0.4) is 0 Å². The van der Waals surface area contributed by atoms with Gasteiger partial charge >= 0.3 is 0 Å². The number of nitrogens with one attached hydrogen (secondary N) is 2. The maximum absolute atomic E-state index is 12.8. The van der Waals surface area contributed by atoms with Crippen molar-refractivity contribution in [2.45, 2.75) is 25.4 Å². The van der Waals surface area contributed by atoms with Crippen molar-refractivity contribution in [2.24, 2.45) is 0 Å². The summed E-state index contributed by atoms with van der Waals surface area (Å²) < 4.78 is 0. The number of piperidine rings is 1. The molecule has 0 spiro atoms.